The maximum atomic E-state index is 10.7. The minimum atomic E-state index is 0.453. The summed E-state index contributed by atoms with van der Waals surface area (Å²) in [4.78, 5) is 10.7. The van der Waals surface area contributed by atoms with Crippen LogP contribution in [-0.4, -0.2) is 16.1 Å². The van der Waals surface area contributed by atoms with Gasteiger partial charge in [-0.2, -0.15) is 5.10 Å². The van der Waals surface area contributed by atoms with Crippen LogP contribution in [-0.2, 0) is 6.54 Å². The fourth-order valence-electron chi connectivity index (χ4n) is 1.55. The van der Waals surface area contributed by atoms with Crippen LogP contribution >= 0.6 is 11.6 Å². The maximum absolute atomic E-state index is 10.7. The van der Waals surface area contributed by atoms with Crippen LogP contribution in [0.4, 0.5) is 0 Å². The molecule has 0 saturated heterocycles. The van der Waals surface area contributed by atoms with E-state index in [0.29, 0.717) is 16.6 Å². The lowest BCUT2D eigenvalue weighted by molar-refractivity contribution is 0.111. The zero-order chi connectivity index (χ0) is 9.26. The lowest BCUT2D eigenvalue weighted by atomic mass is 9.85. The SMILES string of the molecule is O=Cc1c(Cl)cnn1CC1CCC1. The monoisotopic (exact) mass is 198 g/mol. The number of aldehydes is 1. The van der Waals surface area contributed by atoms with Gasteiger partial charge < -0.3 is 0 Å². The standard InChI is InChI=1S/C9H11ClN2O/c10-8-4-11-12(9(8)6-13)5-7-2-1-3-7/h4,6-7H,1-3,5H2. The first-order chi connectivity index (χ1) is 6.31. The topological polar surface area (TPSA) is 34.9 Å². The summed E-state index contributed by atoms with van der Waals surface area (Å²) in [5.41, 5.74) is 0.508. The van der Waals surface area contributed by atoms with E-state index in [0.717, 1.165) is 12.8 Å². The number of hydrogen-bond donors (Lipinski definition) is 0. The molecule has 0 aliphatic heterocycles. The van der Waals surface area contributed by atoms with Gasteiger partial charge in [0.15, 0.2) is 6.29 Å². The number of carbonyl (C=O) groups is 1. The Morgan fingerprint density at radius 2 is 2.46 bits per heavy atom. The van der Waals surface area contributed by atoms with Crippen molar-refractivity contribution in [3.05, 3.63) is 16.9 Å². The molecule has 1 aliphatic carbocycles. The molecule has 3 nitrogen and oxygen atoms in total. The highest BCUT2D eigenvalue weighted by Crippen LogP contribution is 2.28. The third-order valence-corrected chi connectivity index (χ3v) is 2.89. The van der Waals surface area contributed by atoms with E-state index in [1.165, 1.54) is 25.5 Å². The summed E-state index contributed by atoms with van der Waals surface area (Å²) in [6, 6.07) is 0. The van der Waals surface area contributed by atoms with Crippen molar-refractivity contribution >= 4 is 17.9 Å². The zero-order valence-corrected chi connectivity index (χ0v) is 8.00. The number of carbonyl (C=O) groups excluding carboxylic acids is 1. The second kappa shape index (κ2) is 3.50. The molecule has 0 bridgehead atoms. The molecule has 0 radical (unpaired) electrons. The van der Waals surface area contributed by atoms with E-state index in [1.807, 2.05) is 0 Å². The van der Waals surface area contributed by atoms with E-state index < -0.39 is 0 Å². The highest BCUT2D eigenvalue weighted by atomic mass is 35.5. The van der Waals surface area contributed by atoms with Crippen LogP contribution in [0.5, 0.6) is 0 Å². The van der Waals surface area contributed by atoms with E-state index in [-0.39, 0.29) is 0 Å². The van der Waals surface area contributed by atoms with Crippen molar-refractivity contribution in [1.29, 1.82) is 0 Å². The molecule has 0 spiro atoms. The summed E-state index contributed by atoms with van der Waals surface area (Å²) in [5.74, 6) is 0.690. The van der Waals surface area contributed by atoms with Crippen molar-refractivity contribution in [1.82, 2.24) is 9.78 Å². The summed E-state index contributed by atoms with van der Waals surface area (Å²) >= 11 is 5.78. The third kappa shape index (κ3) is 1.61. The van der Waals surface area contributed by atoms with Crippen LogP contribution in [0.1, 0.15) is 29.8 Å². The summed E-state index contributed by atoms with van der Waals surface area (Å²) in [6.45, 7) is 0.834. The molecule has 1 heterocycles. The van der Waals surface area contributed by atoms with Crippen molar-refractivity contribution in [2.24, 2.45) is 5.92 Å². The molecule has 1 aromatic heterocycles. The number of hydrogen-bond acceptors (Lipinski definition) is 2. The van der Waals surface area contributed by atoms with Crippen LogP contribution < -0.4 is 0 Å². The van der Waals surface area contributed by atoms with Crippen LogP contribution in [0.25, 0.3) is 0 Å². The Balaban J connectivity index is 2.13. The average molecular weight is 199 g/mol. The molecule has 1 saturated carbocycles. The molecule has 0 N–H and O–H groups in total. The van der Waals surface area contributed by atoms with Crippen LogP contribution in [0, 0.1) is 5.92 Å². The molecule has 1 aromatic rings. The molecular formula is C9H11ClN2O. The fraction of sp³-hybridized carbons (Fsp3) is 0.556. The first-order valence-corrected chi connectivity index (χ1v) is 4.85. The van der Waals surface area contributed by atoms with Crippen LogP contribution in [0.15, 0.2) is 6.20 Å². The summed E-state index contributed by atoms with van der Waals surface area (Å²) < 4.78 is 1.71. The Bertz CT molecular complexity index is 317. The van der Waals surface area contributed by atoms with Gasteiger partial charge in [-0.05, 0) is 18.8 Å². The number of rotatable bonds is 3. The molecule has 1 aliphatic rings. The van der Waals surface area contributed by atoms with Crippen molar-refractivity contribution in [3.8, 4) is 0 Å². The predicted molar refractivity (Wildman–Crippen MR) is 50.0 cm³/mol. The van der Waals surface area contributed by atoms with Gasteiger partial charge >= 0.3 is 0 Å². The van der Waals surface area contributed by atoms with E-state index in [4.69, 9.17) is 11.6 Å². The van der Waals surface area contributed by atoms with Gasteiger partial charge in [0, 0.05) is 6.54 Å². The molecular weight excluding hydrogens is 188 g/mol. The summed E-state index contributed by atoms with van der Waals surface area (Å²) in [6.07, 6.45) is 6.10. The number of nitrogens with zero attached hydrogens (tertiary/aromatic N) is 2. The Morgan fingerprint density at radius 1 is 1.69 bits per heavy atom. The van der Waals surface area contributed by atoms with Gasteiger partial charge in [0.05, 0.1) is 11.2 Å². The first-order valence-electron chi connectivity index (χ1n) is 4.47. The van der Waals surface area contributed by atoms with Crippen LogP contribution in [0.2, 0.25) is 5.02 Å². The highest BCUT2D eigenvalue weighted by Gasteiger charge is 2.20. The van der Waals surface area contributed by atoms with Gasteiger partial charge in [0.2, 0.25) is 0 Å². The van der Waals surface area contributed by atoms with E-state index in [1.54, 1.807) is 4.68 Å². The molecule has 2 rings (SSSR count). The second-order valence-corrected chi connectivity index (χ2v) is 3.88. The summed E-state index contributed by atoms with van der Waals surface area (Å²) in [7, 11) is 0. The largest absolute Gasteiger partial charge is 0.296 e. The minimum absolute atomic E-state index is 0.453. The molecule has 0 aromatic carbocycles. The van der Waals surface area contributed by atoms with Gasteiger partial charge in [0.25, 0.3) is 0 Å². The molecule has 1 fully saturated rings. The smallest absolute Gasteiger partial charge is 0.169 e. The molecule has 4 heteroatoms. The molecule has 13 heavy (non-hydrogen) atoms. The van der Waals surface area contributed by atoms with Crippen molar-refractivity contribution < 1.29 is 4.79 Å². The Hall–Kier alpha value is -0.830. The van der Waals surface area contributed by atoms with Gasteiger partial charge in [-0.1, -0.05) is 18.0 Å². The van der Waals surface area contributed by atoms with E-state index in [9.17, 15) is 4.79 Å². The molecule has 0 amide bonds. The van der Waals surface area contributed by atoms with Crippen molar-refractivity contribution in [2.45, 2.75) is 25.8 Å². The summed E-state index contributed by atoms with van der Waals surface area (Å²) in [5, 5.41) is 4.51. The number of halogens is 1. The lowest BCUT2D eigenvalue weighted by Crippen LogP contribution is -2.20. The van der Waals surface area contributed by atoms with Crippen molar-refractivity contribution in [3.63, 3.8) is 0 Å². The zero-order valence-electron chi connectivity index (χ0n) is 7.24. The molecule has 0 unspecified atom stereocenters. The highest BCUT2D eigenvalue weighted by molar-refractivity contribution is 6.32. The Labute approximate surface area is 81.7 Å². The van der Waals surface area contributed by atoms with Gasteiger partial charge in [-0.15, -0.1) is 0 Å². The molecule has 0 atom stereocenters. The van der Waals surface area contributed by atoms with Crippen molar-refractivity contribution in [2.75, 3.05) is 0 Å². The molecule has 70 valence electrons. The fourth-order valence-corrected chi connectivity index (χ4v) is 1.74. The third-order valence-electron chi connectivity index (χ3n) is 2.60. The normalized spacial score (nSPS) is 17.0. The first kappa shape index (κ1) is 8.75. The Kier molecular flexibility index (Phi) is 2.36. The average Bonchev–Trinajstić information content (AvgIpc) is 2.39. The van der Waals surface area contributed by atoms with Gasteiger partial charge in [-0.3, -0.25) is 9.48 Å². The second-order valence-electron chi connectivity index (χ2n) is 3.47. The maximum Gasteiger partial charge on any atom is 0.169 e. The van der Waals surface area contributed by atoms with E-state index >= 15 is 0 Å². The van der Waals surface area contributed by atoms with Gasteiger partial charge in [-0.25, -0.2) is 0 Å². The van der Waals surface area contributed by atoms with Crippen LogP contribution in [0.3, 0.4) is 0 Å². The Morgan fingerprint density at radius 3 is 3.00 bits per heavy atom. The predicted octanol–water partition coefficient (Wildman–Crippen LogP) is 2.15. The lowest BCUT2D eigenvalue weighted by Gasteiger charge is -2.25. The minimum Gasteiger partial charge on any atom is -0.296 e. The van der Waals surface area contributed by atoms with E-state index in [2.05, 4.69) is 5.10 Å². The quantitative estimate of drug-likeness (QED) is 0.698. The number of aromatic nitrogens is 2. The van der Waals surface area contributed by atoms with Gasteiger partial charge in [0.1, 0.15) is 5.69 Å².